The molecule has 2 aliphatic carbocycles. The highest BCUT2D eigenvalue weighted by Crippen LogP contribution is 2.58. The van der Waals surface area contributed by atoms with Gasteiger partial charge in [-0.3, -0.25) is 4.98 Å². The molecule has 0 aliphatic heterocycles. The van der Waals surface area contributed by atoms with Crippen molar-refractivity contribution in [2.24, 2.45) is 0 Å². The van der Waals surface area contributed by atoms with Crippen LogP contribution in [0.5, 0.6) is 0 Å². The van der Waals surface area contributed by atoms with Crippen LogP contribution in [0.2, 0.25) is 0 Å². The Hall–Kier alpha value is -5.93. The largest absolute Gasteiger partial charge is 0.264 e. The van der Waals surface area contributed by atoms with Crippen LogP contribution in [0.3, 0.4) is 0 Å². The van der Waals surface area contributed by atoms with Gasteiger partial charge in [0.25, 0.3) is 0 Å². The van der Waals surface area contributed by atoms with Gasteiger partial charge in [0, 0.05) is 29.1 Å². The SMILES string of the molecule is C1=Cc2ccccc2C2(c3ccccc31)c1ccccc1-c1ccc(-c3cc(-c4cccnc4)nc(-c4ccccc4)n3)cc12. The zero-order chi connectivity index (χ0) is 29.8. The summed E-state index contributed by atoms with van der Waals surface area (Å²) in [4.78, 5) is 14.5. The lowest BCUT2D eigenvalue weighted by atomic mass is 9.66. The Kier molecular flexibility index (Phi) is 5.72. The second kappa shape index (κ2) is 10.1. The average molecular weight is 574 g/mol. The second-order valence-electron chi connectivity index (χ2n) is 11.6. The lowest BCUT2D eigenvalue weighted by Crippen LogP contribution is -2.30. The van der Waals surface area contributed by atoms with Gasteiger partial charge in [-0.15, -0.1) is 0 Å². The molecule has 5 aromatic carbocycles. The van der Waals surface area contributed by atoms with Crippen molar-refractivity contribution in [3.8, 4) is 45.0 Å². The van der Waals surface area contributed by atoms with Gasteiger partial charge in [-0.05, 0) is 68.8 Å². The fourth-order valence-electron chi connectivity index (χ4n) is 7.29. The number of rotatable bonds is 3. The lowest BCUT2D eigenvalue weighted by molar-refractivity contribution is 0.766. The molecule has 3 nitrogen and oxygen atoms in total. The summed E-state index contributed by atoms with van der Waals surface area (Å²) in [7, 11) is 0. The Labute approximate surface area is 262 Å². The minimum absolute atomic E-state index is 0.486. The Bertz CT molecular complexity index is 2160. The van der Waals surface area contributed by atoms with Crippen LogP contribution < -0.4 is 0 Å². The van der Waals surface area contributed by atoms with E-state index in [9.17, 15) is 0 Å². The highest BCUT2D eigenvalue weighted by atomic mass is 14.9. The van der Waals surface area contributed by atoms with Gasteiger partial charge in [0.15, 0.2) is 5.82 Å². The highest BCUT2D eigenvalue weighted by molar-refractivity contribution is 5.92. The van der Waals surface area contributed by atoms with E-state index in [2.05, 4.69) is 132 Å². The van der Waals surface area contributed by atoms with E-state index in [0.29, 0.717) is 5.82 Å². The van der Waals surface area contributed by atoms with Gasteiger partial charge in [0.1, 0.15) is 0 Å². The predicted octanol–water partition coefficient (Wildman–Crippen LogP) is 9.72. The van der Waals surface area contributed by atoms with E-state index in [0.717, 1.165) is 28.1 Å². The molecule has 2 aliphatic rings. The van der Waals surface area contributed by atoms with Crippen LogP contribution in [0.15, 0.2) is 152 Å². The monoisotopic (exact) mass is 573 g/mol. The molecule has 7 aromatic rings. The molecule has 9 rings (SSSR count). The molecule has 45 heavy (non-hydrogen) atoms. The molecule has 0 fully saturated rings. The normalized spacial score (nSPS) is 13.4. The molecule has 0 amide bonds. The molecule has 0 bridgehead atoms. The first kappa shape index (κ1) is 25.6. The van der Waals surface area contributed by atoms with E-state index in [-0.39, 0.29) is 0 Å². The molecule has 0 unspecified atom stereocenters. The highest BCUT2D eigenvalue weighted by Gasteiger charge is 2.48. The molecule has 210 valence electrons. The zero-order valence-corrected chi connectivity index (χ0v) is 24.4. The summed E-state index contributed by atoms with van der Waals surface area (Å²) in [6.07, 6.45) is 8.19. The Morgan fingerprint density at radius 2 is 1.02 bits per heavy atom. The van der Waals surface area contributed by atoms with E-state index in [1.807, 2.05) is 30.5 Å². The Morgan fingerprint density at radius 1 is 0.422 bits per heavy atom. The van der Waals surface area contributed by atoms with Gasteiger partial charge in [-0.25, -0.2) is 9.97 Å². The molecule has 3 heteroatoms. The number of benzene rings is 5. The maximum atomic E-state index is 5.17. The van der Waals surface area contributed by atoms with Gasteiger partial charge < -0.3 is 0 Å². The first-order valence-corrected chi connectivity index (χ1v) is 15.3. The number of fused-ring (bicyclic) bond motifs is 9. The van der Waals surface area contributed by atoms with Crippen molar-refractivity contribution in [3.63, 3.8) is 0 Å². The van der Waals surface area contributed by atoms with Crippen LogP contribution in [0.4, 0.5) is 0 Å². The van der Waals surface area contributed by atoms with Crippen molar-refractivity contribution in [2.45, 2.75) is 5.41 Å². The molecule has 0 saturated carbocycles. The van der Waals surface area contributed by atoms with Crippen LogP contribution >= 0.6 is 0 Å². The number of nitrogens with zero attached hydrogens (tertiary/aromatic N) is 3. The first-order chi connectivity index (χ1) is 22.3. The number of aromatic nitrogens is 3. The van der Waals surface area contributed by atoms with Crippen LogP contribution in [-0.4, -0.2) is 15.0 Å². The summed E-state index contributed by atoms with van der Waals surface area (Å²) in [5.74, 6) is 0.694. The summed E-state index contributed by atoms with van der Waals surface area (Å²) in [5, 5.41) is 0. The van der Waals surface area contributed by atoms with Crippen molar-refractivity contribution in [3.05, 3.63) is 185 Å². The topological polar surface area (TPSA) is 38.7 Å². The molecular weight excluding hydrogens is 546 g/mol. The number of hydrogen-bond donors (Lipinski definition) is 0. The van der Waals surface area contributed by atoms with E-state index in [1.54, 1.807) is 6.20 Å². The summed E-state index contributed by atoms with van der Waals surface area (Å²) >= 11 is 0. The van der Waals surface area contributed by atoms with Crippen molar-refractivity contribution < 1.29 is 0 Å². The van der Waals surface area contributed by atoms with Gasteiger partial charge >= 0.3 is 0 Å². The molecule has 0 N–H and O–H groups in total. The Morgan fingerprint density at radius 3 is 1.73 bits per heavy atom. The van der Waals surface area contributed by atoms with Crippen molar-refractivity contribution >= 4 is 12.2 Å². The van der Waals surface area contributed by atoms with Crippen LogP contribution in [0, 0.1) is 0 Å². The third-order valence-electron chi connectivity index (χ3n) is 9.23. The molecular formula is C42H27N3. The second-order valence-corrected chi connectivity index (χ2v) is 11.6. The van der Waals surface area contributed by atoms with Crippen molar-refractivity contribution in [2.75, 3.05) is 0 Å². The fraction of sp³-hybridized carbons (Fsp3) is 0.0238. The van der Waals surface area contributed by atoms with Crippen LogP contribution in [0.1, 0.15) is 33.4 Å². The Balaban J connectivity index is 1.34. The molecule has 0 radical (unpaired) electrons. The summed E-state index contributed by atoms with van der Waals surface area (Å²) in [6.45, 7) is 0. The molecule has 0 atom stereocenters. The smallest absolute Gasteiger partial charge is 0.160 e. The predicted molar refractivity (Wildman–Crippen MR) is 182 cm³/mol. The quantitative estimate of drug-likeness (QED) is 0.211. The zero-order valence-electron chi connectivity index (χ0n) is 24.4. The van der Waals surface area contributed by atoms with E-state index in [4.69, 9.17) is 9.97 Å². The van der Waals surface area contributed by atoms with Gasteiger partial charge in [-0.2, -0.15) is 0 Å². The van der Waals surface area contributed by atoms with Gasteiger partial charge in [0.05, 0.1) is 16.8 Å². The minimum Gasteiger partial charge on any atom is -0.264 e. The molecule has 2 aromatic heterocycles. The maximum absolute atomic E-state index is 5.17. The minimum atomic E-state index is -0.486. The number of hydrogen-bond acceptors (Lipinski definition) is 3. The van der Waals surface area contributed by atoms with Gasteiger partial charge in [0.2, 0.25) is 0 Å². The fourth-order valence-corrected chi connectivity index (χ4v) is 7.29. The third-order valence-corrected chi connectivity index (χ3v) is 9.23. The van der Waals surface area contributed by atoms with Crippen molar-refractivity contribution in [1.82, 2.24) is 15.0 Å². The summed E-state index contributed by atoms with van der Waals surface area (Å²) < 4.78 is 0. The molecule has 0 saturated heterocycles. The van der Waals surface area contributed by atoms with Crippen LogP contribution in [-0.2, 0) is 5.41 Å². The van der Waals surface area contributed by atoms with Gasteiger partial charge in [-0.1, -0.05) is 127 Å². The molecule has 1 spiro atoms. The number of pyridine rings is 1. The average Bonchev–Trinajstić information content (AvgIpc) is 3.32. The first-order valence-electron chi connectivity index (χ1n) is 15.3. The van der Waals surface area contributed by atoms with E-state index in [1.165, 1.54) is 44.5 Å². The van der Waals surface area contributed by atoms with Crippen LogP contribution in [0.25, 0.3) is 57.2 Å². The van der Waals surface area contributed by atoms with E-state index >= 15 is 0 Å². The standard InChI is InChI=1S/C42H27N3/c1-2-13-30(14-3-1)41-44-39(26-40(45-41)32-15-10-24-43-27-32)31-22-23-34-33-16-6-9-19-37(33)42(38(34)25-31)35-17-7-4-11-28(35)20-21-29-12-5-8-18-36(29)42/h1-27H. The summed E-state index contributed by atoms with van der Waals surface area (Å²) in [5.41, 5.74) is 14.4. The molecule has 2 heterocycles. The maximum Gasteiger partial charge on any atom is 0.160 e. The van der Waals surface area contributed by atoms with E-state index < -0.39 is 5.41 Å². The lowest BCUT2D eigenvalue weighted by Gasteiger charge is -2.35. The third kappa shape index (κ3) is 3.87. The van der Waals surface area contributed by atoms with Crippen molar-refractivity contribution in [1.29, 1.82) is 0 Å². The summed E-state index contributed by atoms with van der Waals surface area (Å²) in [6, 6.07) is 49.8.